The summed E-state index contributed by atoms with van der Waals surface area (Å²) in [5.74, 6) is 0.0329. The van der Waals surface area contributed by atoms with Crippen molar-refractivity contribution < 1.29 is 9.59 Å². The number of rotatable bonds is 5. The van der Waals surface area contributed by atoms with E-state index in [1.54, 1.807) is 23.2 Å². The lowest BCUT2D eigenvalue weighted by Crippen LogP contribution is -2.55. The molecule has 1 saturated heterocycles. The number of aldehydes is 1. The van der Waals surface area contributed by atoms with Crippen molar-refractivity contribution in [3.05, 3.63) is 65.1 Å². The number of amides is 1. The number of aromatic amines is 1. The van der Waals surface area contributed by atoms with Crippen LogP contribution in [0.15, 0.2) is 48.8 Å². The number of fused-ring (bicyclic) bond motifs is 1. The van der Waals surface area contributed by atoms with E-state index in [2.05, 4.69) is 20.9 Å². The molecule has 7 heteroatoms. The molecule has 3 heterocycles. The van der Waals surface area contributed by atoms with Crippen LogP contribution < -0.4 is 0 Å². The van der Waals surface area contributed by atoms with Crippen LogP contribution in [0.1, 0.15) is 11.3 Å². The molecule has 1 N–H and O–H groups in total. The predicted octanol–water partition coefficient (Wildman–Crippen LogP) is 2.67. The van der Waals surface area contributed by atoms with E-state index >= 15 is 0 Å². The van der Waals surface area contributed by atoms with Gasteiger partial charge >= 0.3 is 0 Å². The van der Waals surface area contributed by atoms with Crippen LogP contribution in [-0.2, 0) is 22.6 Å². The maximum Gasteiger partial charge on any atom is 0.227 e. The first-order valence-corrected chi connectivity index (χ1v) is 9.63. The number of piperazine rings is 1. The van der Waals surface area contributed by atoms with Crippen molar-refractivity contribution in [2.75, 3.05) is 19.6 Å². The Hall–Kier alpha value is -2.70. The first-order chi connectivity index (χ1) is 13.6. The van der Waals surface area contributed by atoms with Gasteiger partial charge in [0.1, 0.15) is 6.29 Å². The summed E-state index contributed by atoms with van der Waals surface area (Å²) in [5.41, 5.74) is 2.99. The van der Waals surface area contributed by atoms with Crippen LogP contribution >= 0.6 is 11.6 Å². The molecule has 28 heavy (non-hydrogen) atoms. The van der Waals surface area contributed by atoms with Crippen LogP contribution in [-0.4, -0.2) is 57.6 Å². The molecule has 0 saturated carbocycles. The Morgan fingerprint density at radius 2 is 2.07 bits per heavy atom. The lowest BCUT2D eigenvalue weighted by molar-refractivity contribution is -0.134. The second kappa shape index (κ2) is 8.12. The molecule has 6 nitrogen and oxygen atoms in total. The quantitative estimate of drug-likeness (QED) is 0.673. The first-order valence-electron chi connectivity index (χ1n) is 9.25. The Labute approximate surface area is 168 Å². The minimum atomic E-state index is -0.313. The van der Waals surface area contributed by atoms with Crippen molar-refractivity contribution in [1.82, 2.24) is 19.8 Å². The Balaban J connectivity index is 1.39. The highest BCUT2D eigenvalue weighted by Gasteiger charge is 2.29. The zero-order valence-corrected chi connectivity index (χ0v) is 16.1. The molecule has 2 aromatic heterocycles. The van der Waals surface area contributed by atoms with Crippen molar-refractivity contribution in [2.24, 2.45) is 0 Å². The molecule has 1 aliphatic heterocycles. The van der Waals surface area contributed by atoms with E-state index in [4.69, 9.17) is 11.6 Å². The van der Waals surface area contributed by atoms with E-state index < -0.39 is 0 Å². The molecule has 4 rings (SSSR count). The second-order valence-corrected chi connectivity index (χ2v) is 7.51. The number of nitrogens with one attached hydrogen (secondary N) is 1. The van der Waals surface area contributed by atoms with Crippen molar-refractivity contribution >= 4 is 34.7 Å². The molecule has 3 aromatic rings. The first kappa shape index (κ1) is 18.7. The highest BCUT2D eigenvalue weighted by atomic mass is 35.5. The van der Waals surface area contributed by atoms with Gasteiger partial charge in [0.2, 0.25) is 5.91 Å². The minimum absolute atomic E-state index is 0.0329. The third kappa shape index (κ3) is 4.08. The lowest BCUT2D eigenvalue weighted by atomic mass is 10.1. The van der Waals surface area contributed by atoms with Crippen molar-refractivity contribution in [3.8, 4) is 0 Å². The topological polar surface area (TPSA) is 69.3 Å². The number of pyridine rings is 1. The van der Waals surface area contributed by atoms with Crippen LogP contribution in [0.3, 0.4) is 0 Å². The van der Waals surface area contributed by atoms with E-state index in [1.807, 2.05) is 24.4 Å². The summed E-state index contributed by atoms with van der Waals surface area (Å²) in [6, 6.07) is 11.0. The molecule has 1 fully saturated rings. The number of hydrogen-bond donors (Lipinski definition) is 1. The molecular formula is C21H21ClN4O2. The van der Waals surface area contributed by atoms with E-state index in [1.165, 1.54) is 0 Å². The van der Waals surface area contributed by atoms with Gasteiger partial charge in [-0.2, -0.15) is 0 Å². The molecule has 1 unspecified atom stereocenters. The van der Waals surface area contributed by atoms with E-state index in [0.717, 1.165) is 28.4 Å². The SMILES string of the molecule is O=CC1CN(C(=O)Cc2ccc(Cl)cc2)CCN1Cc1cc2cnccc2[nH]1. The number of nitrogens with zero attached hydrogens (tertiary/aromatic N) is 3. The Kier molecular flexibility index (Phi) is 5.41. The summed E-state index contributed by atoms with van der Waals surface area (Å²) < 4.78 is 0. The fraction of sp³-hybridized carbons (Fsp3) is 0.286. The summed E-state index contributed by atoms with van der Waals surface area (Å²) >= 11 is 5.90. The molecule has 0 radical (unpaired) electrons. The van der Waals surface area contributed by atoms with Gasteiger partial charge in [-0.05, 0) is 29.8 Å². The minimum Gasteiger partial charge on any atom is -0.357 e. The van der Waals surface area contributed by atoms with Crippen LogP contribution in [0.25, 0.3) is 10.9 Å². The van der Waals surface area contributed by atoms with Gasteiger partial charge in [-0.3, -0.25) is 14.7 Å². The van der Waals surface area contributed by atoms with Crippen molar-refractivity contribution in [3.63, 3.8) is 0 Å². The van der Waals surface area contributed by atoms with Gasteiger partial charge in [0.15, 0.2) is 0 Å². The molecule has 0 bridgehead atoms. The van der Waals surface area contributed by atoms with Crippen LogP contribution in [0.5, 0.6) is 0 Å². The largest absolute Gasteiger partial charge is 0.357 e. The number of aromatic nitrogens is 2. The highest BCUT2D eigenvalue weighted by molar-refractivity contribution is 6.30. The van der Waals surface area contributed by atoms with Gasteiger partial charge in [-0.1, -0.05) is 23.7 Å². The van der Waals surface area contributed by atoms with Gasteiger partial charge in [0, 0.05) is 60.2 Å². The second-order valence-electron chi connectivity index (χ2n) is 7.07. The van der Waals surface area contributed by atoms with Gasteiger partial charge in [0.25, 0.3) is 0 Å². The van der Waals surface area contributed by atoms with Crippen LogP contribution in [0, 0.1) is 0 Å². The number of hydrogen-bond acceptors (Lipinski definition) is 4. The average molecular weight is 397 g/mol. The summed E-state index contributed by atoms with van der Waals surface area (Å²) in [6.07, 6.45) is 4.82. The van der Waals surface area contributed by atoms with Gasteiger partial charge in [-0.25, -0.2) is 0 Å². The average Bonchev–Trinajstić information content (AvgIpc) is 3.12. The number of halogens is 1. The molecule has 0 aliphatic carbocycles. The monoisotopic (exact) mass is 396 g/mol. The lowest BCUT2D eigenvalue weighted by Gasteiger charge is -2.38. The number of carbonyl (C=O) groups excluding carboxylic acids is 2. The third-order valence-electron chi connectivity index (χ3n) is 5.16. The fourth-order valence-corrected chi connectivity index (χ4v) is 3.75. The van der Waals surface area contributed by atoms with Crippen LogP contribution in [0.2, 0.25) is 5.02 Å². The zero-order chi connectivity index (χ0) is 19.5. The molecule has 144 valence electrons. The molecule has 1 aliphatic rings. The summed E-state index contributed by atoms with van der Waals surface area (Å²) in [7, 11) is 0. The summed E-state index contributed by atoms with van der Waals surface area (Å²) in [5, 5.41) is 1.70. The Morgan fingerprint density at radius 1 is 1.25 bits per heavy atom. The smallest absolute Gasteiger partial charge is 0.227 e. The molecule has 1 amide bonds. The summed E-state index contributed by atoms with van der Waals surface area (Å²) in [4.78, 5) is 35.7. The molecular weight excluding hydrogens is 376 g/mol. The van der Waals surface area contributed by atoms with Crippen molar-refractivity contribution in [1.29, 1.82) is 0 Å². The van der Waals surface area contributed by atoms with E-state index in [-0.39, 0.29) is 11.9 Å². The molecule has 1 aromatic carbocycles. The summed E-state index contributed by atoms with van der Waals surface area (Å²) in [6.45, 7) is 2.32. The Bertz CT molecular complexity index is 952. The van der Waals surface area contributed by atoms with E-state index in [9.17, 15) is 9.59 Å². The third-order valence-corrected chi connectivity index (χ3v) is 5.41. The number of carbonyl (C=O) groups is 2. The van der Waals surface area contributed by atoms with Gasteiger partial charge < -0.3 is 14.7 Å². The molecule has 1 atom stereocenters. The van der Waals surface area contributed by atoms with Crippen LogP contribution in [0.4, 0.5) is 0 Å². The van der Waals surface area contributed by atoms with Gasteiger partial charge in [0.05, 0.1) is 12.5 Å². The van der Waals surface area contributed by atoms with Crippen molar-refractivity contribution in [2.45, 2.75) is 19.0 Å². The zero-order valence-electron chi connectivity index (χ0n) is 15.3. The Morgan fingerprint density at radius 3 is 2.82 bits per heavy atom. The number of H-pyrrole nitrogens is 1. The van der Waals surface area contributed by atoms with E-state index in [0.29, 0.717) is 37.6 Å². The fourth-order valence-electron chi connectivity index (χ4n) is 3.62. The maximum atomic E-state index is 12.6. The number of benzene rings is 1. The normalized spacial score (nSPS) is 17.8. The highest BCUT2D eigenvalue weighted by Crippen LogP contribution is 2.18. The van der Waals surface area contributed by atoms with Gasteiger partial charge in [-0.15, -0.1) is 0 Å². The predicted molar refractivity (Wildman–Crippen MR) is 108 cm³/mol. The molecule has 0 spiro atoms. The maximum absolute atomic E-state index is 12.6. The standard InChI is InChI=1S/C21H21ClN4O2/c22-17-3-1-15(2-4-17)9-21(28)26-8-7-25(19(13-26)14-27)12-18-10-16-11-23-6-5-20(16)24-18/h1-6,10-11,14,19,24H,7-9,12-13H2.